The second kappa shape index (κ2) is 8.91. The number of benzene rings is 1. The molecule has 0 saturated carbocycles. The molecule has 0 spiro atoms. The van der Waals surface area contributed by atoms with E-state index in [0.29, 0.717) is 41.8 Å². The van der Waals surface area contributed by atoms with Gasteiger partial charge in [-0.05, 0) is 50.3 Å². The molecule has 6 nitrogen and oxygen atoms in total. The van der Waals surface area contributed by atoms with Gasteiger partial charge in [0.15, 0.2) is 21.3 Å². The van der Waals surface area contributed by atoms with Crippen molar-refractivity contribution in [1.29, 1.82) is 0 Å². The van der Waals surface area contributed by atoms with Crippen LogP contribution in [0.1, 0.15) is 51.5 Å². The Balaban J connectivity index is 1.78. The summed E-state index contributed by atoms with van der Waals surface area (Å²) in [7, 11) is -3.69. The predicted octanol–water partition coefficient (Wildman–Crippen LogP) is 3.60. The number of likely N-dealkylation sites (tertiary alicyclic amines) is 1. The van der Waals surface area contributed by atoms with Gasteiger partial charge in [-0.3, -0.25) is 4.79 Å². The van der Waals surface area contributed by atoms with E-state index in [4.69, 9.17) is 21.1 Å². The Hall–Kier alpha value is -1.47. The number of fused-ring (bicyclic) bond motifs is 1. The highest BCUT2D eigenvalue weighted by Gasteiger charge is 2.35. The molecule has 1 saturated heterocycles. The molecule has 8 heteroatoms. The summed E-state index contributed by atoms with van der Waals surface area (Å²) >= 11 is 6.28. The number of sulfone groups is 1. The van der Waals surface area contributed by atoms with Gasteiger partial charge in [0.2, 0.25) is 5.91 Å². The molecule has 2 atom stereocenters. The molecule has 0 unspecified atom stereocenters. The zero-order chi connectivity index (χ0) is 20.3. The number of rotatable bonds is 5. The zero-order valence-corrected chi connectivity index (χ0v) is 18.0. The highest BCUT2D eigenvalue weighted by atomic mass is 35.5. The average Bonchev–Trinajstić information content (AvgIpc) is 2.92. The molecule has 156 valence electrons. The normalized spacial score (nSPS) is 21.1. The van der Waals surface area contributed by atoms with E-state index in [0.717, 1.165) is 32.1 Å². The van der Waals surface area contributed by atoms with Gasteiger partial charge in [0.05, 0.1) is 24.0 Å². The van der Waals surface area contributed by atoms with E-state index in [1.807, 2.05) is 6.92 Å². The molecular formula is C20H28ClNO5S. The molecule has 0 bridgehead atoms. The lowest BCUT2D eigenvalue weighted by molar-refractivity contribution is -0.134. The van der Waals surface area contributed by atoms with Gasteiger partial charge in [0, 0.05) is 19.0 Å². The SMILES string of the molecule is CC[C@@H]1CCCCN1C(=O)[C@@H](C)S(=O)(=O)Cc1cc(Cl)c2c(c1)OCCCO2. The number of carbonyl (C=O) groups excluding carboxylic acids is 1. The minimum atomic E-state index is -3.69. The summed E-state index contributed by atoms with van der Waals surface area (Å²) in [6, 6.07) is 3.36. The number of hydrogen-bond donors (Lipinski definition) is 0. The Morgan fingerprint density at radius 2 is 2.00 bits per heavy atom. The Bertz CT molecular complexity index is 826. The molecule has 1 fully saturated rings. The van der Waals surface area contributed by atoms with E-state index in [9.17, 15) is 13.2 Å². The number of ether oxygens (including phenoxy) is 2. The summed E-state index contributed by atoms with van der Waals surface area (Å²) in [4.78, 5) is 14.7. The summed E-state index contributed by atoms with van der Waals surface area (Å²) in [6.07, 6.45) is 4.52. The molecule has 1 aromatic rings. The van der Waals surface area contributed by atoms with E-state index in [1.54, 1.807) is 17.0 Å². The lowest BCUT2D eigenvalue weighted by atomic mass is 10.00. The molecule has 1 amide bonds. The summed E-state index contributed by atoms with van der Waals surface area (Å²) in [5, 5.41) is -0.764. The van der Waals surface area contributed by atoms with Crippen LogP contribution in [0.5, 0.6) is 11.5 Å². The van der Waals surface area contributed by atoms with E-state index < -0.39 is 15.1 Å². The molecule has 2 aliphatic heterocycles. The minimum absolute atomic E-state index is 0.131. The van der Waals surface area contributed by atoms with Gasteiger partial charge < -0.3 is 14.4 Å². The number of carbonyl (C=O) groups is 1. The molecule has 0 N–H and O–H groups in total. The Kier molecular flexibility index (Phi) is 6.76. The van der Waals surface area contributed by atoms with Crippen LogP contribution in [-0.2, 0) is 20.4 Å². The van der Waals surface area contributed by atoms with Gasteiger partial charge in [-0.15, -0.1) is 0 Å². The van der Waals surface area contributed by atoms with Crippen molar-refractivity contribution < 1.29 is 22.7 Å². The van der Waals surface area contributed by atoms with Gasteiger partial charge in [0.25, 0.3) is 0 Å². The van der Waals surface area contributed by atoms with Crippen LogP contribution in [0.4, 0.5) is 0 Å². The first kappa shape index (κ1) is 21.2. The molecule has 28 heavy (non-hydrogen) atoms. The van der Waals surface area contributed by atoms with Crippen molar-refractivity contribution in [1.82, 2.24) is 4.90 Å². The maximum atomic E-state index is 13.0. The molecule has 0 radical (unpaired) electrons. The topological polar surface area (TPSA) is 72.9 Å². The Morgan fingerprint density at radius 3 is 2.75 bits per heavy atom. The van der Waals surface area contributed by atoms with Crippen LogP contribution in [0.2, 0.25) is 5.02 Å². The fourth-order valence-corrected chi connectivity index (χ4v) is 5.44. The third-order valence-electron chi connectivity index (χ3n) is 5.50. The van der Waals surface area contributed by atoms with Crippen LogP contribution in [0.25, 0.3) is 0 Å². The first-order valence-electron chi connectivity index (χ1n) is 9.93. The van der Waals surface area contributed by atoms with Crippen LogP contribution in [0.15, 0.2) is 12.1 Å². The molecule has 0 aromatic heterocycles. The molecule has 3 rings (SSSR count). The minimum Gasteiger partial charge on any atom is -0.489 e. The van der Waals surface area contributed by atoms with Crippen LogP contribution < -0.4 is 9.47 Å². The van der Waals surface area contributed by atoms with Crippen LogP contribution >= 0.6 is 11.6 Å². The first-order valence-corrected chi connectivity index (χ1v) is 12.0. The highest BCUT2D eigenvalue weighted by molar-refractivity contribution is 7.92. The third kappa shape index (κ3) is 4.57. The molecular weight excluding hydrogens is 402 g/mol. The van der Waals surface area contributed by atoms with Crippen molar-refractivity contribution in [2.24, 2.45) is 0 Å². The summed E-state index contributed by atoms with van der Waals surface area (Å²) in [5.41, 5.74) is 0.500. The standard InChI is InChI=1S/C20H28ClNO5S/c1-3-16-7-4-5-8-22(16)20(23)14(2)28(24,25)13-15-11-17(21)19-18(12-15)26-9-6-10-27-19/h11-12,14,16H,3-10,13H2,1-2H3/t14-,16-/m1/s1. The summed E-state index contributed by atoms with van der Waals surface area (Å²) in [5.74, 6) is 0.341. The first-order chi connectivity index (χ1) is 13.3. The maximum Gasteiger partial charge on any atom is 0.240 e. The summed E-state index contributed by atoms with van der Waals surface area (Å²) in [6.45, 7) is 5.15. The van der Waals surface area contributed by atoms with Crippen molar-refractivity contribution in [3.8, 4) is 11.5 Å². The second-order valence-electron chi connectivity index (χ2n) is 7.49. The van der Waals surface area contributed by atoms with Gasteiger partial charge in [-0.2, -0.15) is 0 Å². The quantitative estimate of drug-likeness (QED) is 0.715. The Labute approximate surface area is 172 Å². The number of hydrogen-bond acceptors (Lipinski definition) is 5. The second-order valence-corrected chi connectivity index (χ2v) is 10.2. The van der Waals surface area contributed by atoms with E-state index in [2.05, 4.69) is 0 Å². The fourth-order valence-electron chi connectivity index (χ4n) is 3.83. The number of amides is 1. The van der Waals surface area contributed by atoms with Crippen molar-refractivity contribution in [3.63, 3.8) is 0 Å². The fraction of sp³-hybridized carbons (Fsp3) is 0.650. The largest absolute Gasteiger partial charge is 0.489 e. The molecule has 1 aromatic carbocycles. The van der Waals surface area contributed by atoms with Crippen molar-refractivity contribution in [3.05, 3.63) is 22.7 Å². The van der Waals surface area contributed by atoms with E-state index in [-0.39, 0.29) is 17.7 Å². The Morgan fingerprint density at radius 1 is 1.25 bits per heavy atom. The van der Waals surface area contributed by atoms with Gasteiger partial charge in [-0.25, -0.2) is 8.42 Å². The monoisotopic (exact) mass is 429 g/mol. The third-order valence-corrected chi connectivity index (χ3v) is 7.79. The number of piperidine rings is 1. The van der Waals surface area contributed by atoms with Gasteiger partial charge in [0.1, 0.15) is 5.25 Å². The lowest BCUT2D eigenvalue weighted by Gasteiger charge is -2.36. The number of nitrogens with zero attached hydrogens (tertiary/aromatic N) is 1. The van der Waals surface area contributed by atoms with Crippen LogP contribution in [-0.4, -0.2) is 50.3 Å². The highest BCUT2D eigenvalue weighted by Crippen LogP contribution is 2.38. The van der Waals surface area contributed by atoms with Crippen molar-refractivity contribution >= 4 is 27.3 Å². The number of halogens is 1. The van der Waals surface area contributed by atoms with Gasteiger partial charge >= 0.3 is 0 Å². The molecule has 0 aliphatic carbocycles. The molecule has 2 heterocycles. The molecule has 2 aliphatic rings. The zero-order valence-electron chi connectivity index (χ0n) is 16.4. The van der Waals surface area contributed by atoms with Crippen molar-refractivity contribution in [2.75, 3.05) is 19.8 Å². The smallest absolute Gasteiger partial charge is 0.240 e. The van der Waals surface area contributed by atoms with E-state index >= 15 is 0 Å². The van der Waals surface area contributed by atoms with E-state index in [1.165, 1.54) is 6.92 Å². The maximum absolute atomic E-state index is 13.0. The lowest BCUT2D eigenvalue weighted by Crippen LogP contribution is -2.49. The average molecular weight is 430 g/mol. The predicted molar refractivity (Wildman–Crippen MR) is 109 cm³/mol. The van der Waals surface area contributed by atoms with Gasteiger partial charge in [-0.1, -0.05) is 18.5 Å². The summed E-state index contributed by atoms with van der Waals surface area (Å²) < 4.78 is 37.2. The van der Waals surface area contributed by atoms with Crippen molar-refractivity contribution in [2.45, 2.75) is 63.0 Å². The van der Waals surface area contributed by atoms with Crippen LogP contribution in [0, 0.1) is 0 Å². The van der Waals surface area contributed by atoms with Crippen LogP contribution in [0.3, 0.4) is 0 Å².